The fourth-order valence-corrected chi connectivity index (χ4v) is 3.89. The third-order valence-corrected chi connectivity index (χ3v) is 5.01. The first-order valence-corrected chi connectivity index (χ1v) is 7.49. The quantitative estimate of drug-likeness (QED) is 0.813. The predicted octanol–water partition coefficient (Wildman–Crippen LogP) is 3.31. The third-order valence-electron chi connectivity index (χ3n) is 5.01. The molecule has 2 rings (SSSR count). The number of nitrogens with one attached hydrogen (secondary N) is 1. The molecule has 0 aromatic carbocycles. The molecule has 2 aliphatic rings. The monoisotopic (exact) mass is 237 g/mol. The Balaban J connectivity index is 2.07. The van der Waals surface area contributed by atoms with Gasteiger partial charge >= 0.3 is 0 Å². The van der Waals surface area contributed by atoms with Gasteiger partial charge in [0, 0.05) is 12.8 Å². The maximum absolute atomic E-state index is 11.9. The van der Waals surface area contributed by atoms with E-state index in [2.05, 4.69) is 5.32 Å². The number of piperidine rings is 1. The van der Waals surface area contributed by atoms with Gasteiger partial charge in [-0.3, -0.25) is 4.79 Å². The minimum absolute atomic E-state index is 0.360. The van der Waals surface area contributed by atoms with Crippen LogP contribution in [0.1, 0.15) is 64.7 Å². The molecule has 0 radical (unpaired) electrons. The van der Waals surface area contributed by atoms with E-state index in [1.807, 2.05) is 6.92 Å². The van der Waals surface area contributed by atoms with E-state index in [1.54, 1.807) is 0 Å². The highest BCUT2D eigenvalue weighted by atomic mass is 16.1. The highest BCUT2D eigenvalue weighted by Gasteiger charge is 2.40. The second-order valence-electron chi connectivity index (χ2n) is 6.02. The van der Waals surface area contributed by atoms with Crippen LogP contribution < -0.4 is 5.32 Å². The van der Waals surface area contributed by atoms with E-state index in [0.29, 0.717) is 11.2 Å². The van der Waals surface area contributed by atoms with Gasteiger partial charge in [0.15, 0.2) is 0 Å². The summed E-state index contributed by atoms with van der Waals surface area (Å²) in [5, 5.41) is 3.46. The molecule has 1 saturated carbocycles. The molecule has 17 heavy (non-hydrogen) atoms. The van der Waals surface area contributed by atoms with Crippen molar-refractivity contribution >= 4 is 5.78 Å². The number of ketones is 1. The maximum atomic E-state index is 11.9. The largest absolute Gasteiger partial charge is 0.317 e. The first kappa shape index (κ1) is 13.1. The van der Waals surface area contributed by atoms with E-state index < -0.39 is 0 Å². The smallest absolute Gasteiger partial charge is 0.133 e. The average Bonchev–Trinajstić information content (AvgIpc) is 2.40. The lowest BCUT2D eigenvalue weighted by molar-refractivity contribution is -0.123. The van der Waals surface area contributed by atoms with Crippen molar-refractivity contribution in [3.8, 4) is 0 Å². The molecule has 2 fully saturated rings. The Morgan fingerprint density at radius 1 is 1.18 bits per heavy atom. The summed E-state index contributed by atoms with van der Waals surface area (Å²) in [6, 6.07) is 0. The van der Waals surface area contributed by atoms with Crippen molar-refractivity contribution in [2.45, 2.75) is 64.7 Å². The topological polar surface area (TPSA) is 29.1 Å². The van der Waals surface area contributed by atoms with Crippen LogP contribution in [0.5, 0.6) is 0 Å². The summed E-state index contributed by atoms with van der Waals surface area (Å²) in [5.74, 6) is 1.31. The van der Waals surface area contributed by atoms with Crippen LogP contribution in [-0.4, -0.2) is 18.9 Å². The molecule has 1 N–H and O–H groups in total. The fourth-order valence-electron chi connectivity index (χ4n) is 3.89. The van der Waals surface area contributed by atoms with Gasteiger partial charge < -0.3 is 5.32 Å². The summed E-state index contributed by atoms with van der Waals surface area (Å²) in [6.45, 7) is 4.25. The molecule has 0 bridgehead atoms. The minimum atomic E-state index is 0.360. The molecule has 0 atom stereocenters. The molecule has 1 heterocycles. The minimum Gasteiger partial charge on any atom is -0.317 e. The highest BCUT2D eigenvalue weighted by molar-refractivity contribution is 5.78. The van der Waals surface area contributed by atoms with Crippen molar-refractivity contribution in [1.82, 2.24) is 5.32 Å². The van der Waals surface area contributed by atoms with Crippen LogP contribution in [0.3, 0.4) is 0 Å². The molecule has 1 aliphatic heterocycles. The lowest BCUT2D eigenvalue weighted by atomic mass is 9.61. The molecule has 1 aliphatic carbocycles. The molecule has 0 spiro atoms. The zero-order valence-electron chi connectivity index (χ0n) is 11.3. The fraction of sp³-hybridized carbons (Fsp3) is 0.933. The van der Waals surface area contributed by atoms with Crippen LogP contribution in [0.4, 0.5) is 0 Å². The summed E-state index contributed by atoms with van der Waals surface area (Å²) in [4.78, 5) is 11.9. The van der Waals surface area contributed by atoms with Crippen molar-refractivity contribution in [3.63, 3.8) is 0 Å². The lowest BCUT2D eigenvalue weighted by Crippen LogP contribution is -2.43. The SMILES string of the molecule is CCC(=O)CC1(C2CCCCC2)CCNCC1. The van der Waals surface area contributed by atoms with E-state index in [9.17, 15) is 4.79 Å². The molecule has 0 amide bonds. The molecule has 1 saturated heterocycles. The van der Waals surface area contributed by atoms with Gasteiger partial charge in [-0.25, -0.2) is 0 Å². The summed E-state index contributed by atoms with van der Waals surface area (Å²) in [5.41, 5.74) is 0.360. The van der Waals surface area contributed by atoms with Gasteiger partial charge in [0.05, 0.1) is 0 Å². The zero-order chi connectivity index (χ0) is 12.1. The number of hydrogen-bond acceptors (Lipinski definition) is 2. The van der Waals surface area contributed by atoms with E-state index in [-0.39, 0.29) is 0 Å². The average molecular weight is 237 g/mol. The van der Waals surface area contributed by atoms with Crippen LogP contribution in [0, 0.1) is 11.3 Å². The molecular weight excluding hydrogens is 210 g/mol. The van der Waals surface area contributed by atoms with Gasteiger partial charge in [-0.2, -0.15) is 0 Å². The standard InChI is InChI=1S/C15H27NO/c1-2-14(17)12-15(8-10-16-11-9-15)13-6-4-3-5-7-13/h13,16H,2-12H2,1H3. The van der Waals surface area contributed by atoms with Crippen molar-refractivity contribution in [1.29, 1.82) is 0 Å². The molecule has 98 valence electrons. The molecular formula is C15H27NO. The number of carbonyl (C=O) groups excluding carboxylic acids is 1. The number of hydrogen-bond donors (Lipinski definition) is 1. The second kappa shape index (κ2) is 5.99. The number of rotatable bonds is 4. The van der Waals surface area contributed by atoms with Gasteiger partial charge in [0.1, 0.15) is 5.78 Å². The summed E-state index contributed by atoms with van der Waals surface area (Å²) >= 11 is 0. The van der Waals surface area contributed by atoms with Gasteiger partial charge in [-0.15, -0.1) is 0 Å². The Labute approximate surface area is 106 Å². The predicted molar refractivity (Wildman–Crippen MR) is 71.0 cm³/mol. The Morgan fingerprint density at radius 3 is 2.41 bits per heavy atom. The van der Waals surface area contributed by atoms with Gasteiger partial charge in [0.25, 0.3) is 0 Å². The first-order chi connectivity index (χ1) is 8.27. The third kappa shape index (κ3) is 3.09. The normalized spacial score (nSPS) is 25.7. The Hall–Kier alpha value is -0.370. The van der Waals surface area contributed by atoms with E-state index in [4.69, 9.17) is 0 Å². The lowest BCUT2D eigenvalue weighted by Gasteiger charge is -2.45. The second-order valence-corrected chi connectivity index (χ2v) is 6.02. The van der Waals surface area contributed by atoms with Crippen molar-refractivity contribution in [2.75, 3.05) is 13.1 Å². The van der Waals surface area contributed by atoms with Crippen LogP contribution in [-0.2, 0) is 4.79 Å². The van der Waals surface area contributed by atoms with Crippen LogP contribution >= 0.6 is 0 Å². The Kier molecular flexibility index (Phi) is 4.61. The van der Waals surface area contributed by atoms with E-state index in [0.717, 1.165) is 31.8 Å². The van der Waals surface area contributed by atoms with Gasteiger partial charge in [0.2, 0.25) is 0 Å². The molecule has 2 heteroatoms. The van der Waals surface area contributed by atoms with Crippen molar-refractivity contribution in [2.24, 2.45) is 11.3 Å². The molecule has 2 nitrogen and oxygen atoms in total. The summed E-state index contributed by atoms with van der Waals surface area (Å²) < 4.78 is 0. The van der Waals surface area contributed by atoms with Crippen LogP contribution in [0.25, 0.3) is 0 Å². The van der Waals surface area contributed by atoms with Gasteiger partial charge in [-0.05, 0) is 50.1 Å². The maximum Gasteiger partial charge on any atom is 0.133 e. The molecule has 0 aromatic heterocycles. The summed E-state index contributed by atoms with van der Waals surface area (Å²) in [6.07, 6.45) is 11.0. The van der Waals surface area contributed by atoms with Crippen molar-refractivity contribution < 1.29 is 4.79 Å². The first-order valence-electron chi connectivity index (χ1n) is 7.49. The van der Waals surface area contributed by atoms with E-state index >= 15 is 0 Å². The highest BCUT2D eigenvalue weighted by Crippen LogP contribution is 2.47. The van der Waals surface area contributed by atoms with Crippen LogP contribution in [0.2, 0.25) is 0 Å². The van der Waals surface area contributed by atoms with Gasteiger partial charge in [-0.1, -0.05) is 26.2 Å². The number of carbonyl (C=O) groups is 1. The Morgan fingerprint density at radius 2 is 1.82 bits per heavy atom. The molecule has 0 aromatic rings. The zero-order valence-corrected chi connectivity index (χ0v) is 11.3. The summed E-state index contributed by atoms with van der Waals surface area (Å²) in [7, 11) is 0. The van der Waals surface area contributed by atoms with Crippen LogP contribution in [0.15, 0.2) is 0 Å². The Bertz CT molecular complexity index is 250. The van der Waals surface area contributed by atoms with Crippen molar-refractivity contribution in [3.05, 3.63) is 0 Å². The number of Topliss-reactive ketones (excluding diaryl/α,β-unsaturated/α-hetero) is 1. The molecule has 0 unspecified atom stereocenters. The van der Waals surface area contributed by atoms with E-state index in [1.165, 1.54) is 44.9 Å².